The third-order valence-corrected chi connectivity index (χ3v) is 8.14. The molecule has 2 fully saturated rings. The van der Waals surface area contributed by atoms with Crippen molar-refractivity contribution < 1.29 is 10.2 Å². The molecule has 1 heterocycles. The maximum Gasteiger partial charge on any atom is 0.0827 e. The van der Waals surface area contributed by atoms with Crippen LogP contribution in [0.25, 0.3) is 0 Å². The molecule has 2 aliphatic rings. The molecule has 0 amide bonds. The van der Waals surface area contributed by atoms with Gasteiger partial charge in [-0.25, -0.2) is 4.68 Å². The minimum atomic E-state index is -0.539. The largest absolute Gasteiger partial charge is 0.396 e. The van der Waals surface area contributed by atoms with Crippen LogP contribution in [-0.4, -0.2) is 37.4 Å². The molecular formula is C26H45N3O2. The Kier molecular flexibility index (Phi) is 8.37. The van der Waals surface area contributed by atoms with Gasteiger partial charge in [-0.3, -0.25) is 0 Å². The number of unbranched alkanes of at least 4 members (excludes halogenated alkanes) is 1. The fraction of sp³-hybridized carbons (Fsp3) is 0.846. The molecule has 31 heavy (non-hydrogen) atoms. The molecule has 2 N–H and O–H groups in total. The fourth-order valence-corrected chi connectivity index (χ4v) is 6.49. The predicted molar refractivity (Wildman–Crippen MR) is 126 cm³/mol. The summed E-state index contributed by atoms with van der Waals surface area (Å²) in [6, 6.07) is 0. The Labute approximate surface area is 189 Å². The Morgan fingerprint density at radius 1 is 1.29 bits per heavy atom. The molecule has 3 rings (SSSR count). The van der Waals surface area contributed by atoms with Gasteiger partial charge in [-0.05, 0) is 94.8 Å². The van der Waals surface area contributed by atoms with Crippen molar-refractivity contribution in [1.29, 1.82) is 0 Å². The topological polar surface area (TPSA) is 71.2 Å². The molecule has 4 atom stereocenters. The molecular weight excluding hydrogens is 386 g/mol. The third-order valence-electron chi connectivity index (χ3n) is 8.14. The molecule has 0 aliphatic heterocycles. The first-order valence-corrected chi connectivity index (χ1v) is 12.6. The van der Waals surface area contributed by atoms with Crippen molar-refractivity contribution in [3.63, 3.8) is 0 Å². The number of aliphatic hydroxyl groups is 2. The zero-order valence-corrected chi connectivity index (χ0v) is 20.3. The van der Waals surface area contributed by atoms with Gasteiger partial charge in [0, 0.05) is 12.8 Å². The molecule has 0 bridgehead atoms. The standard InChI is InChI=1S/C26H45N3O2/c1-20(9-7-15-25(2,3)31)23-12-13-24-21(10-8-16-26(23,24)4)14-17-29-19-22(27-28-29)11-5-6-18-30/h14,19-20,23-24,30-31H,5-13,15-18H2,1-4H3/b21-14+/t20-,23-,24+,26-/m1/s1. The zero-order valence-electron chi connectivity index (χ0n) is 20.3. The number of aromatic nitrogens is 3. The number of aliphatic hydroxyl groups excluding tert-OH is 1. The third kappa shape index (κ3) is 6.41. The minimum absolute atomic E-state index is 0.249. The number of hydrogen-bond acceptors (Lipinski definition) is 4. The zero-order chi connectivity index (χ0) is 22.5. The van der Waals surface area contributed by atoms with Crippen molar-refractivity contribution in [2.75, 3.05) is 6.61 Å². The Morgan fingerprint density at radius 3 is 2.84 bits per heavy atom. The highest BCUT2D eigenvalue weighted by Crippen LogP contribution is 2.59. The van der Waals surface area contributed by atoms with Crippen molar-refractivity contribution >= 4 is 0 Å². The Balaban J connectivity index is 1.58. The summed E-state index contributed by atoms with van der Waals surface area (Å²) in [5.41, 5.74) is 2.57. The van der Waals surface area contributed by atoms with E-state index >= 15 is 0 Å². The lowest BCUT2D eigenvalue weighted by Crippen LogP contribution is -2.36. The number of aryl methyl sites for hydroxylation is 1. The number of rotatable bonds is 11. The molecule has 5 nitrogen and oxygen atoms in total. The van der Waals surface area contributed by atoms with E-state index in [0.29, 0.717) is 5.41 Å². The van der Waals surface area contributed by atoms with E-state index < -0.39 is 5.60 Å². The van der Waals surface area contributed by atoms with Crippen LogP contribution in [0, 0.1) is 23.2 Å². The summed E-state index contributed by atoms with van der Waals surface area (Å²) in [5.74, 6) is 2.25. The van der Waals surface area contributed by atoms with Crippen LogP contribution >= 0.6 is 0 Å². The van der Waals surface area contributed by atoms with Gasteiger partial charge in [-0.2, -0.15) is 0 Å². The van der Waals surface area contributed by atoms with Gasteiger partial charge in [0.05, 0.1) is 17.8 Å². The summed E-state index contributed by atoms with van der Waals surface area (Å²) in [4.78, 5) is 0. The van der Waals surface area contributed by atoms with E-state index in [0.717, 1.165) is 62.1 Å². The van der Waals surface area contributed by atoms with Gasteiger partial charge in [-0.15, -0.1) is 5.10 Å². The first-order valence-electron chi connectivity index (χ1n) is 12.6. The van der Waals surface area contributed by atoms with Gasteiger partial charge < -0.3 is 10.2 Å². The van der Waals surface area contributed by atoms with Crippen molar-refractivity contribution in [3.05, 3.63) is 23.5 Å². The lowest BCUT2D eigenvalue weighted by atomic mass is 9.60. The molecule has 1 aromatic heterocycles. The average molecular weight is 432 g/mol. The quantitative estimate of drug-likeness (QED) is 0.368. The molecule has 0 unspecified atom stereocenters. The summed E-state index contributed by atoms with van der Waals surface area (Å²) >= 11 is 0. The molecule has 1 aromatic rings. The molecule has 176 valence electrons. The van der Waals surface area contributed by atoms with E-state index in [9.17, 15) is 5.11 Å². The lowest BCUT2D eigenvalue weighted by molar-refractivity contribution is 0.0596. The molecule has 2 saturated carbocycles. The average Bonchev–Trinajstić information content (AvgIpc) is 3.29. The SMILES string of the molecule is C[C@H](CCCC(C)(C)O)[C@H]1CC[C@H]2/C(=C/Cn3cc(CCCCO)nn3)CCC[C@]12C. The van der Waals surface area contributed by atoms with E-state index in [-0.39, 0.29) is 6.61 Å². The van der Waals surface area contributed by atoms with Gasteiger partial charge in [-0.1, -0.05) is 43.6 Å². The summed E-state index contributed by atoms with van der Waals surface area (Å²) in [5, 5.41) is 27.6. The van der Waals surface area contributed by atoms with Gasteiger partial charge >= 0.3 is 0 Å². The smallest absolute Gasteiger partial charge is 0.0827 e. The predicted octanol–water partition coefficient (Wildman–Crippen LogP) is 5.31. The Hall–Kier alpha value is -1.20. The minimum Gasteiger partial charge on any atom is -0.396 e. The van der Waals surface area contributed by atoms with Crippen LogP contribution in [0.15, 0.2) is 17.8 Å². The van der Waals surface area contributed by atoms with Crippen molar-refractivity contribution in [1.82, 2.24) is 15.0 Å². The highest BCUT2D eigenvalue weighted by Gasteiger charge is 2.50. The van der Waals surface area contributed by atoms with Crippen LogP contribution in [0.5, 0.6) is 0 Å². The summed E-state index contributed by atoms with van der Waals surface area (Å²) in [6.07, 6.45) is 17.0. The number of nitrogens with zero attached hydrogens (tertiary/aromatic N) is 3. The number of hydrogen-bond donors (Lipinski definition) is 2. The van der Waals surface area contributed by atoms with Crippen LogP contribution in [0.3, 0.4) is 0 Å². The van der Waals surface area contributed by atoms with Crippen LogP contribution < -0.4 is 0 Å². The molecule has 0 spiro atoms. The summed E-state index contributed by atoms with van der Waals surface area (Å²) in [7, 11) is 0. The van der Waals surface area contributed by atoms with Crippen LogP contribution in [0.2, 0.25) is 0 Å². The van der Waals surface area contributed by atoms with E-state index in [1.54, 1.807) is 5.57 Å². The Bertz CT molecular complexity index is 720. The van der Waals surface area contributed by atoms with Gasteiger partial charge in [0.1, 0.15) is 0 Å². The fourth-order valence-electron chi connectivity index (χ4n) is 6.49. The summed E-state index contributed by atoms with van der Waals surface area (Å²) < 4.78 is 1.97. The van der Waals surface area contributed by atoms with Crippen LogP contribution in [0.4, 0.5) is 0 Å². The van der Waals surface area contributed by atoms with E-state index in [1.807, 2.05) is 18.5 Å². The normalized spacial score (nSPS) is 28.8. The Morgan fingerprint density at radius 2 is 2.10 bits per heavy atom. The number of allylic oxidation sites excluding steroid dienone is 2. The molecule has 0 aromatic carbocycles. The molecule has 0 saturated heterocycles. The monoisotopic (exact) mass is 431 g/mol. The summed E-state index contributed by atoms with van der Waals surface area (Å²) in [6.45, 7) is 9.93. The highest BCUT2D eigenvalue weighted by molar-refractivity contribution is 5.18. The van der Waals surface area contributed by atoms with E-state index in [1.165, 1.54) is 38.5 Å². The molecule has 2 aliphatic carbocycles. The van der Waals surface area contributed by atoms with Crippen molar-refractivity contribution in [3.8, 4) is 0 Å². The first-order chi connectivity index (χ1) is 14.7. The van der Waals surface area contributed by atoms with Crippen LogP contribution in [-0.2, 0) is 13.0 Å². The molecule has 5 heteroatoms. The second-order valence-corrected chi connectivity index (χ2v) is 11.2. The van der Waals surface area contributed by atoms with Gasteiger partial charge in [0.2, 0.25) is 0 Å². The van der Waals surface area contributed by atoms with Gasteiger partial charge in [0.15, 0.2) is 0 Å². The van der Waals surface area contributed by atoms with Crippen LogP contribution in [0.1, 0.15) is 97.6 Å². The van der Waals surface area contributed by atoms with E-state index in [2.05, 4.69) is 36.4 Å². The highest BCUT2D eigenvalue weighted by atomic mass is 16.3. The lowest BCUT2D eigenvalue weighted by Gasteiger charge is -2.44. The van der Waals surface area contributed by atoms with E-state index in [4.69, 9.17) is 5.11 Å². The second-order valence-electron chi connectivity index (χ2n) is 11.2. The van der Waals surface area contributed by atoms with Crippen molar-refractivity contribution in [2.24, 2.45) is 23.2 Å². The second kappa shape index (κ2) is 10.6. The molecule has 0 radical (unpaired) electrons. The van der Waals surface area contributed by atoms with Crippen molar-refractivity contribution in [2.45, 2.75) is 110 Å². The first kappa shape index (κ1) is 24.4. The maximum atomic E-state index is 10.0. The maximum absolute atomic E-state index is 10.0. The van der Waals surface area contributed by atoms with Gasteiger partial charge in [0.25, 0.3) is 0 Å². The number of fused-ring (bicyclic) bond motifs is 1.